The van der Waals surface area contributed by atoms with Crippen LogP contribution < -0.4 is 4.90 Å². The summed E-state index contributed by atoms with van der Waals surface area (Å²) in [5.41, 5.74) is 3.12. The van der Waals surface area contributed by atoms with Gasteiger partial charge in [0.25, 0.3) is 0 Å². The molecule has 2 saturated heterocycles. The normalized spacial score (nSPS) is 22.7. The first-order valence-corrected chi connectivity index (χ1v) is 8.32. The summed E-state index contributed by atoms with van der Waals surface area (Å²) in [5, 5.41) is 9.56. The molecule has 0 aromatic heterocycles. The van der Waals surface area contributed by atoms with Gasteiger partial charge in [0, 0.05) is 25.3 Å². The zero-order valence-electron chi connectivity index (χ0n) is 13.8. The number of benzene rings is 1. The molecule has 23 heavy (non-hydrogen) atoms. The molecule has 5 heteroatoms. The number of nitrogens with zero attached hydrogens (tertiary/aromatic N) is 2. The van der Waals surface area contributed by atoms with Crippen molar-refractivity contribution in [3.8, 4) is 0 Å². The Morgan fingerprint density at radius 2 is 1.65 bits per heavy atom. The minimum absolute atomic E-state index is 0.0752. The fourth-order valence-corrected chi connectivity index (χ4v) is 3.58. The number of likely N-dealkylation sites (tertiary alicyclic amines) is 1. The second-order valence-electron chi connectivity index (χ2n) is 6.73. The molecule has 0 aliphatic carbocycles. The quantitative estimate of drug-likeness (QED) is 0.844. The third-order valence-corrected chi connectivity index (χ3v) is 4.80. The first-order chi connectivity index (χ1) is 11.0. The lowest BCUT2D eigenvalue weighted by molar-refractivity contribution is -0.141. The van der Waals surface area contributed by atoms with E-state index in [1.165, 1.54) is 0 Å². The molecule has 2 amide bonds. The number of hydrogen-bond donors (Lipinski definition) is 1. The van der Waals surface area contributed by atoms with Crippen molar-refractivity contribution in [2.45, 2.75) is 39.2 Å². The van der Waals surface area contributed by atoms with Gasteiger partial charge >= 0.3 is 0 Å². The Balaban J connectivity index is 1.72. The van der Waals surface area contributed by atoms with Gasteiger partial charge in [0.2, 0.25) is 11.8 Å². The molecule has 0 radical (unpaired) electrons. The van der Waals surface area contributed by atoms with Crippen molar-refractivity contribution >= 4 is 17.5 Å². The minimum atomic E-state index is -0.564. The second kappa shape index (κ2) is 6.32. The Morgan fingerprint density at radius 1 is 1.04 bits per heavy atom. The van der Waals surface area contributed by atoms with E-state index in [4.69, 9.17) is 0 Å². The highest BCUT2D eigenvalue weighted by molar-refractivity contribution is 6.09. The summed E-state index contributed by atoms with van der Waals surface area (Å²) in [7, 11) is 0. The maximum absolute atomic E-state index is 12.7. The Labute approximate surface area is 136 Å². The molecule has 3 rings (SSSR count). The van der Waals surface area contributed by atoms with Gasteiger partial charge in [-0.25, -0.2) is 0 Å². The molecule has 1 atom stereocenters. The largest absolute Gasteiger partial charge is 0.393 e. The number of hydrogen-bond acceptors (Lipinski definition) is 3. The molecule has 2 heterocycles. The Hall–Kier alpha value is -1.88. The van der Waals surface area contributed by atoms with Crippen LogP contribution in [0.2, 0.25) is 0 Å². The third kappa shape index (κ3) is 3.24. The molecule has 1 N–H and O–H groups in total. The maximum atomic E-state index is 12.7. The first-order valence-electron chi connectivity index (χ1n) is 8.32. The zero-order chi connectivity index (χ0) is 16.6. The number of carbonyl (C=O) groups excluding carboxylic acids is 2. The van der Waals surface area contributed by atoms with Crippen LogP contribution in [0.15, 0.2) is 18.2 Å². The van der Waals surface area contributed by atoms with Crippen LogP contribution in [0, 0.1) is 19.8 Å². The molecular formula is C18H24N2O3. The predicted molar refractivity (Wildman–Crippen MR) is 88.2 cm³/mol. The number of aliphatic hydroxyl groups is 1. The molecule has 0 saturated carbocycles. The SMILES string of the molecule is Cc1cc(C)cc(N2CCC(C(=O)N3CCC(O)CC3)C2=O)c1. The average Bonchev–Trinajstić information content (AvgIpc) is 2.88. The molecule has 0 spiro atoms. The van der Waals surface area contributed by atoms with Gasteiger partial charge in [-0.3, -0.25) is 9.59 Å². The van der Waals surface area contributed by atoms with Crippen molar-refractivity contribution in [2.75, 3.05) is 24.5 Å². The van der Waals surface area contributed by atoms with Crippen LogP contribution in [0.3, 0.4) is 0 Å². The third-order valence-electron chi connectivity index (χ3n) is 4.80. The van der Waals surface area contributed by atoms with E-state index in [2.05, 4.69) is 6.07 Å². The molecular weight excluding hydrogens is 292 g/mol. The molecule has 2 aliphatic heterocycles. The van der Waals surface area contributed by atoms with E-state index in [9.17, 15) is 14.7 Å². The van der Waals surface area contributed by atoms with Crippen molar-refractivity contribution in [3.63, 3.8) is 0 Å². The van der Waals surface area contributed by atoms with Gasteiger partial charge in [-0.05, 0) is 56.4 Å². The molecule has 0 bridgehead atoms. The van der Waals surface area contributed by atoms with Crippen LogP contribution in [-0.2, 0) is 9.59 Å². The minimum Gasteiger partial charge on any atom is -0.393 e. The number of aliphatic hydroxyl groups excluding tert-OH is 1. The highest BCUT2D eigenvalue weighted by atomic mass is 16.3. The molecule has 2 fully saturated rings. The fourth-order valence-electron chi connectivity index (χ4n) is 3.58. The van der Waals surface area contributed by atoms with Crippen LogP contribution in [0.1, 0.15) is 30.4 Å². The first kappa shape index (κ1) is 16.0. The summed E-state index contributed by atoms with van der Waals surface area (Å²) < 4.78 is 0. The van der Waals surface area contributed by atoms with E-state index in [-0.39, 0.29) is 17.9 Å². The van der Waals surface area contributed by atoms with Crippen LogP contribution in [0.4, 0.5) is 5.69 Å². The average molecular weight is 316 g/mol. The van der Waals surface area contributed by atoms with Crippen molar-refractivity contribution in [1.82, 2.24) is 4.90 Å². The van der Waals surface area contributed by atoms with E-state index >= 15 is 0 Å². The van der Waals surface area contributed by atoms with Crippen LogP contribution in [-0.4, -0.2) is 47.6 Å². The Morgan fingerprint density at radius 3 is 2.26 bits per heavy atom. The van der Waals surface area contributed by atoms with E-state index in [1.807, 2.05) is 26.0 Å². The van der Waals surface area contributed by atoms with Crippen LogP contribution in [0.5, 0.6) is 0 Å². The number of piperidine rings is 1. The lowest BCUT2D eigenvalue weighted by Crippen LogP contribution is -2.45. The second-order valence-corrected chi connectivity index (χ2v) is 6.73. The molecule has 5 nitrogen and oxygen atoms in total. The number of aryl methyl sites for hydroxylation is 2. The summed E-state index contributed by atoms with van der Waals surface area (Å²) in [5.74, 6) is -0.731. The molecule has 124 valence electrons. The van der Waals surface area contributed by atoms with Crippen molar-refractivity contribution in [3.05, 3.63) is 29.3 Å². The summed E-state index contributed by atoms with van der Waals surface area (Å²) in [6.45, 7) is 5.71. The number of rotatable bonds is 2. The smallest absolute Gasteiger partial charge is 0.239 e. The number of anilines is 1. The standard InChI is InChI=1S/C18H24N2O3/c1-12-9-13(2)11-14(10-12)20-8-5-16(18(20)23)17(22)19-6-3-15(21)4-7-19/h9-11,15-16,21H,3-8H2,1-2H3. The summed E-state index contributed by atoms with van der Waals surface area (Å²) in [4.78, 5) is 28.8. The number of amides is 2. The Kier molecular flexibility index (Phi) is 4.39. The van der Waals surface area contributed by atoms with Crippen molar-refractivity contribution in [1.29, 1.82) is 0 Å². The lowest BCUT2D eigenvalue weighted by Gasteiger charge is -2.31. The monoisotopic (exact) mass is 316 g/mol. The van der Waals surface area contributed by atoms with Gasteiger partial charge in [0.05, 0.1) is 6.10 Å². The van der Waals surface area contributed by atoms with Gasteiger partial charge < -0.3 is 14.9 Å². The molecule has 1 aromatic carbocycles. The van der Waals surface area contributed by atoms with Crippen molar-refractivity contribution in [2.24, 2.45) is 5.92 Å². The van der Waals surface area contributed by atoms with E-state index < -0.39 is 5.92 Å². The number of carbonyl (C=O) groups is 2. The molecule has 1 aromatic rings. The van der Waals surface area contributed by atoms with Crippen LogP contribution in [0.25, 0.3) is 0 Å². The van der Waals surface area contributed by atoms with Gasteiger partial charge in [0.1, 0.15) is 5.92 Å². The van der Waals surface area contributed by atoms with Crippen molar-refractivity contribution < 1.29 is 14.7 Å². The highest BCUT2D eigenvalue weighted by Crippen LogP contribution is 2.28. The predicted octanol–water partition coefficient (Wildman–Crippen LogP) is 1.64. The molecule has 1 unspecified atom stereocenters. The van der Waals surface area contributed by atoms with Gasteiger partial charge in [0.15, 0.2) is 0 Å². The topological polar surface area (TPSA) is 60.9 Å². The van der Waals surface area contributed by atoms with E-state index in [0.717, 1.165) is 16.8 Å². The summed E-state index contributed by atoms with van der Waals surface area (Å²) >= 11 is 0. The van der Waals surface area contributed by atoms with Gasteiger partial charge in [-0.2, -0.15) is 0 Å². The summed E-state index contributed by atoms with van der Waals surface area (Å²) in [6.07, 6.45) is 1.47. The van der Waals surface area contributed by atoms with Gasteiger partial charge in [-0.1, -0.05) is 6.07 Å². The lowest BCUT2D eigenvalue weighted by atomic mass is 10.0. The fraction of sp³-hybridized carbons (Fsp3) is 0.556. The summed E-state index contributed by atoms with van der Waals surface area (Å²) in [6, 6.07) is 6.07. The Bertz CT molecular complexity index is 600. The maximum Gasteiger partial charge on any atom is 0.239 e. The van der Waals surface area contributed by atoms with Gasteiger partial charge in [-0.15, -0.1) is 0 Å². The van der Waals surface area contributed by atoms with E-state index in [1.54, 1.807) is 9.80 Å². The zero-order valence-corrected chi connectivity index (χ0v) is 13.8. The van der Waals surface area contributed by atoms with Crippen LogP contribution >= 0.6 is 0 Å². The van der Waals surface area contributed by atoms with E-state index in [0.29, 0.717) is 38.9 Å². The molecule has 2 aliphatic rings. The highest BCUT2D eigenvalue weighted by Gasteiger charge is 2.40.